The number of hydrogen-bond donors (Lipinski definition) is 1. The molecule has 0 bridgehead atoms. The van der Waals surface area contributed by atoms with E-state index in [2.05, 4.69) is 15.5 Å². The van der Waals surface area contributed by atoms with Gasteiger partial charge in [0, 0.05) is 16.5 Å². The van der Waals surface area contributed by atoms with Crippen LogP contribution in [-0.2, 0) is 0 Å². The molecule has 1 heterocycles. The molecule has 1 aromatic heterocycles. The molecule has 3 rings (SSSR count). The number of rotatable bonds is 4. The van der Waals surface area contributed by atoms with Crippen LogP contribution in [0.15, 0.2) is 52.9 Å². The lowest BCUT2D eigenvalue weighted by molar-refractivity contribution is 0.502. The average molecular weight is 329 g/mol. The maximum Gasteiger partial charge on any atom is 0.203 e. The lowest BCUT2D eigenvalue weighted by Gasteiger charge is -2.01. The fourth-order valence-electron chi connectivity index (χ4n) is 1.98. The molecule has 0 saturated carbocycles. The molecule has 0 aliphatic heterocycles. The van der Waals surface area contributed by atoms with Gasteiger partial charge in [-0.05, 0) is 18.6 Å². The van der Waals surface area contributed by atoms with Gasteiger partial charge in [0.15, 0.2) is 11.6 Å². The second-order valence-electron chi connectivity index (χ2n) is 4.87. The monoisotopic (exact) mass is 329 g/mol. The third-order valence-corrected chi connectivity index (χ3v) is 3.99. The molecule has 0 radical (unpaired) electrons. The molecule has 6 heteroatoms. The van der Waals surface area contributed by atoms with Gasteiger partial charge in [-0.15, -0.1) is 11.3 Å². The zero-order valence-corrected chi connectivity index (χ0v) is 13.1. The first-order chi connectivity index (χ1) is 11.1. The summed E-state index contributed by atoms with van der Waals surface area (Å²) in [7, 11) is 0. The van der Waals surface area contributed by atoms with Crippen LogP contribution in [0.2, 0.25) is 0 Å². The SMILES string of the molecule is Cc1ccc(C=NNc2nc(-c3ccccc3)cs2)c(F)c1F. The summed E-state index contributed by atoms with van der Waals surface area (Å²) < 4.78 is 27.2. The number of aryl methyl sites for hydroxylation is 1. The molecule has 3 aromatic rings. The van der Waals surface area contributed by atoms with Crippen molar-refractivity contribution in [1.29, 1.82) is 0 Å². The van der Waals surface area contributed by atoms with Crippen molar-refractivity contribution in [3.63, 3.8) is 0 Å². The van der Waals surface area contributed by atoms with E-state index in [0.717, 1.165) is 11.3 Å². The highest BCUT2D eigenvalue weighted by atomic mass is 32.1. The molecular weight excluding hydrogens is 316 g/mol. The fraction of sp³-hybridized carbons (Fsp3) is 0.0588. The first-order valence-electron chi connectivity index (χ1n) is 6.90. The molecule has 0 unspecified atom stereocenters. The smallest absolute Gasteiger partial charge is 0.203 e. The van der Waals surface area contributed by atoms with Crippen LogP contribution in [0.25, 0.3) is 11.3 Å². The predicted octanol–water partition coefficient (Wildman–Crippen LogP) is 4.84. The van der Waals surface area contributed by atoms with Crippen LogP contribution in [0.4, 0.5) is 13.9 Å². The second kappa shape index (κ2) is 6.66. The maximum atomic E-state index is 13.7. The lowest BCUT2D eigenvalue weighted by atomic mass is 10.1. The van der Waals surface area contributed by atoms with E-state index in [9.17, 15) is 8.78 Å². The molecule has 0 atom stereocenters. The number of anilines is 1. The minimum Gasteiger partial charge on any atom is -0.253 e. The van der Waals surface area contributed by atoms with Crippen molar-refractivity contribution in [2.75, 3.05) is 5.43 Å². The Balaban J connectivity index is 1.72. The van der Waals surface area contributed by atoms with Crippen LogP contribution in [0.5, 0.6) is 0 Å². The molecule has 0 fully saturated rings. The van der Waals surface area contributed by atoms with E-state index in [1.807, 2.05) is 35.7 Å². The number of hydrazone groups is 1. The van der Waals surface area contributed by atoms with E-state index < -0.39 is 11.6 Å². The van der Waals surface area contributed by atoms with Crippen LogP contribution in [-0.4, -0.2) is 11.2 Å². The van der Waals surface area contributed by atoms with Gasteiger partial charge in [-0.3, -0.25) is 5.43 Å². The van der Waals surface area contributed by atoms with E-state index in [1.54, 1.807) is 0 Å². The van der Waals surface area contributed by atoms with Crippen molar-refractivity contribution in [1.82, 2.24) is 4.98 Å². The quantitative estimate of drug-likeness (QED) is 0.549. The highest BCUT2D eigenvalue weighted by molar-refractivity contribution is 7.14. The Bertz CT molecular complexity index is 844. The van der Waals surface area contributed by atoms with Gasteiger partial charge in [0.2, 0.25) is 5.13 Å². The van der Waals surface area contributed by atoms with Crippen LogP contribution in [0.1, 0.15) is 11.1 Å². The van der Waals surface area contributed by atoms with Gasteiger partial charge >= 0.3 is 0 Å². The molecule has 0 saturated heterocycles. The van der Waals surface area contributed by atoms with Crippen molar-refractivity contribution in [2.45, 2.75) is 6.92 Å². The van der Waals surface area contributed by atoms with Gasteiger partial charge in [0.1, 0.15) is 0 Å². The van der Waals surface area contributed by atoms with E-state index >= 15 is 0 Å². The summed E-state index contributed by atoms with van der Waals surface area (Å²) >= 11 is 1.39. The highest BCUT2D eigenvalue weighted by Gasteiger charge is 2.09. The minimum absolute atomic E-state index is 0.0837. The third kappa shape index (κ3) is 3.43. The standard InChI is InChI=1S/C17H13F2N3S/c1-11-7-8-13(16(19)15(11)18)9-20-22-17-21-14(10-23-17)12-5-3-2-4-6-12/h2-10H,1H3,(H,21,22). The molecule has 3 nitrogen and oxygen atoms in total. The zero-order chi connectivity index (χ0) is 16.2. The summed E-state index contributed by atoms with van der Waals surface area (Å²) in [5.41, 5.74) is 4.92. The summed E-state index contributed by atoms with van der Waals surface area (Å²) in [6, 6.07) is 12.7. The van der Waals surface area contributed by atoms with Crippen LogP contribution < -0.4 is 5.43 Å². The Morgan fingerprint density at radius 1 is 1.09 bits per heavy atom. The molecule has 0 aliphatic carbocycles. The maximum absolute atomic E-state index is 13.7. The van der Waals surface area contributed by atoms with Crippen molar-refractivity contribution in [2.24, 2.45) is 5.10 Å². The van der Waals surface area contributed by atoms with Crippen LogP contribution >= 0.6 is 11.3 Å². The van der Waals surface area contributed by atoms with Gasteiger partial charge < -0.3 is 0 Å². The summed E-state index contributed by atoms with van der Waals surface area (Å²) in [5.74, 6) is -1.76. The molecule has 0 aliphatic rings. The van der Waals surface area contributed by atoms with Crippen molar-refractivity contribution in [3.8, 4) is 11.3 Å². The Kier molecular flexibility index (Phi) is 4.43. The first kappa shape index (κ1) is 15.3. The Hall–Kier alpha value is -2.60. The third-order valence-electron chi connectivity index (χ3n) is 3.24. The van der Waals surface area contributed by atoms with Crippen LogP contribution in [0, 0.1) is 18.6 Å². The van der Waals surface area contributed by atoms with Gasteiger partial charge in [-0.2, -0.15) is 5.10 Å². The Labute approximate surface area is 136 Å². The normalized spacial score (nSPS) is 11.1. The van der Waals surface area contributed by atoms with Crippen molar-refractivity contribution in [3.05, 3.63) is 70.6 Å². The number of aromatic nitrogens is 1. The summed E-state index contributed by atoms with van der Waals surface area (Å²) in [6.45, 7) is 1.51. The molecule has 0 amide bonds. The zero-order valence-electron chi connectivity index (χ0n) is 12.3. The van der Waals surface area contributed by atoms with Crippen LogP contribution in [0.3, 0.4) is 0 Å². The van der Waals surface area contributed by atoms with E-state index in [0.29, 0.717) is 5.13 Å². The molecule has 1 N–H and O–H groups in total. The fourth-order valence-corrected chi connectivity index (χ4v) is 2.65. The molecular formula is C17H13F2N3S. The number of benzene rings is 2. The number of nitrogens with one attached hydrogen (secondary N) is 1. The first-order valence-corrected chi connectivity index (χ1v) is 7.78. The molecule has 0 spiro atoms. The summed E-state index contributed by atoms with van der Waals surface area (Å²) in [4.78, 5) is 4.39. The Morgan fingerprint density at radius 2 is 1.87 bits per heavy atom. The van der Waals surface area contributed by atoms with E-state index in [1.165, 1.54) is 36.6 Å². The van der Waals surface area contributed by atoms with Gasteiger partial charge in [0.05, 0.1) is 11.9 Å². The van der Waals surface area contributed by atoms with Gasteiger partial charge in [0.25, 0.3) is 0 Å². The average Bonchev–Trinajstić information content (AvgIpc) is 3.05. The number of hydrogen-bond acceptors (Lipinski definition) is 4. The number of thiazole rings is 1. The van der Waals surface area contributed by atoms with Gasteiger partial charge in [-0.1, -0.05) is 36.4 Å². The van der Waals surface area contributed by atoms with Crippen molar-refractivity contribution < 1.29 is 8.78 Å². The number of nitrogens with zero attached hydrogens (tertiary/aromatic N) is 2. The molecule has 23 heavy (non-hydrogen) atoms. The molecule has 2 aromatic carbocycles. The van der Waals surface area contributed by atoms with Gasteiger partial charge in [-0.25, -0.2) is 13.8 Å². The second-order valence-corrected chi connectivity index (χ2v) is 5.73. The molecule has 116 valence electrons. The summed E-state index contributed by atoms with van der Waals surface area (Å²) in [5, 5.41) is 6.40. The lowest BCUT2D eigenvalue weighted by Crippen LogP contribution is -1.97. The van der Waals surface area contributed by atoms with Crippen molar-refractivity contribution >= 4 is 22.7 Å². The van der Waals surface area contributed by atoms with E-state index in [-0.39, 0.29) is 11.1 Å². The largest absolute Gasteiger partial charge is 0.253 e. The number of halogens is 2. The minimum atomic E-state index is -0.903. The predicted molar refractivity (Wildman–Crippen MR) is 89.9 cm³/mol. The highest BCUT2D eigenvalue weighted by Crippen LogP contribution is 2.24. The topological polar surface area (TPSA) is 37.3 Å². The Morgan fingerprint density at radius 3 is 2.65 bits per heavy atom. The summed E-state index contributed by atoms with van der Waals surface area (Å²) in [6.07, 6.45) is 1.24. The van der Waals surface area contributed by atoms with E-state index in [4.69, 9.17) is 0 Å².